The lowest BCUT2D eigenvalue weighted by Gasteiger charge is -2.13. The van der Waals surface area contributed by atoms with Gasteiger partial charge in [0.1, 0.15) is 25.0 Å². The van der Waals surface area contributed by atoms with E-state index in [2.05, 4.69) is 12.0 Å². The monoisotopic (exact) mass is 353 g/mol. The van der Waals surface area contributed by atoms with Crippen LogP contribution in [0, 0.1) is 0 Å². The molecule has 3 nitrogen and oxygen atoms in total. The van der Waals surface area contributed by atoms with E-state index in [1.54, 1.807) is 23.7 Å². The third-order valence-electron chi connectivity index (χ3n) is 3.27. The van der Waals surface area contributed by atoms with Gasteiger partial charge in [0.05, 0.1) is 16.9 Å². The van der Waals surface area contributed by atoms with Crippen LogP contribution < -0.4 is 4.90 Å². The fraction of sp³-hybridized carbons (Fsp3) is 0.188. The minimum Gasteiger partial charge on any atom is -0.443 e. The molecule has 0 saturated carbocycles. The second-order valence-corrected chi connectivity index (χ2v) is 6.96. The molecule has 0 radical (unpaired) electrons. The molecule has 0 saturated heterocycles. The van der Waals surface area contributed by atoms with Crippen LogP contribution in [0.3, 0.4) is 0 Å². The molecule has 1 N–H and O–H groups in total. The van der Waals surface area contributed by atoms with E-state index in [0.717, 1.165) is 29.2 Å². The molecule has 0 aliphatic heterocycles. The summed E-state index contributed by atoms with van der Waals surface area (Å²) in [5, 5.41) is 3.37. The average Bonchev–Trinajstić information content (AvgIpc) is 3.12. The third kappa shape index (κ3) is 3.70. The molecule has 0 amide bonds. The smallest absolute Gasteiger partial charge is 0.236 e. The molecule has 0 spiro atoms. The Balaban J connectivity index is 1.65. The molecule has 0 aliphatic rings. The van der Waals surface area contributed by atoms with Crippen molar-refractivity contribution in [3.05, 3.63) is 63.3 Å². The summed E-state index contributed by atoms with van der Waals surface area (Å²) in [6.07, 6.45) is 1.72. The molecule has 1 unspecified atom stereocenters. The summed E-state index contributed by atoms with van der Waals surface area (Å²) in [7, 11) is 2.10. The summed E-state index contributed by atoms with van der Waals surface area (Å²) in [6.45, 7) is 1.57. The fourth-order valence-electron chi connectivity index (χ4n) is 2.26. The van der Waals surface area contributed by atoms with E-state index in [1.807, 2.05) is 29.6 Å². The molecule has 2 heterocycles. The molecule has 0 aliphatic carbocycles. The van der Waals surface area contributed by atoms with E-state index < -0.39 is 0 Å². The lowest BCUT2D eigenvalue weighted by Crippen LogP contribution is -3.06. The van der Waals surface area contributed by atoms with Gasteiger partial charge in [-0.15, -0.1) is 11.3 Å². The molecule has 0 fully saturated rings. The van der Waals surface area contributed by atoms with Gasteiger partial charge in [-0.25, -0.2) is 4.98 Å². The van der Waals surface area contributed by atoms with E-state index >= 15 is 0 Å². The SMILES string of the molecule is C[NH+](Cc1coc(-c2cccs2)n1)Cc1ccc(Cl)cc1Cl. The predicted octanol–water partition coefficient (Wildman–Crippen LogP) is 3.92. The molecule has 0 bridgehead atoms. The number of thiophene rings is 1. The largest absolute Gasteiger partial charge is 0.443 e. The zero-order valence-electron chi connectivity index (χ0n) is 12.0. The average molecular weight is 354 g/mol. The highest BCUT2D eigenvalue weighted by Gasteiger charge is 2.13. The maximum Gasteiger partial charge on any atom is 0.236 e. The number of oxazole rings is 1. The molecule has 3 aromatic rings. The van der Waals surface area contributed by atoms with Gasteiger partial charge in [0.15, 0.2) is 0 Å². The Morgan fingerprint density at radius 2 is 2.09 bits per heavy atom. The Labute approximate surface area is 143 Å². The van der Waals surface area contributed by atoms with Gasteiger partial charge >= 0.3 is 0 Å². The standard InChI is InChI=1S/C16H14Cl2N2OS/c1-20(8-11-4-5-12(17)7-14(11)18)9-13-10-21-16(19-13)15-3-2-6-22-15/h2-7,10H,8-9H2,1H3/p+1. The number of halogens is 2. The number of nitrogens with zero attached hydrogens (tertiary/aromatic N) is 1. The summed E-state index contributed by atoms with van der Waals surface area (Å²) in [4.78, 5) is 6.86. The number of quaternary nitrogens is 1. The van der Waals surface area contributed by atoms with Crippen LogP contribution in [0.1, 0.15) is 11.3 Å². The molecular weight excluding hydrogens is 339 g/mol. The van der Waals surface area contributed by atoms with Crippen LogP contribution in [0.15, 0.2) is 46.4 Å². The van der Waals surface area contributed by atoms with Crippen molar-refractivity contribution in [3.63, 3.8) is 0 Å². The van der Waals surface area contributed by atoms with E-state index in [0.29, 0.717) is 15.9 Å². The Bertz CT molecular complexity index is 755. The van der Waals surface area contributed by atoms with Crippen molar-refractivity contribution in [3.8, 4) is 10.8 Å². The molecule has 2 aromatic heterocycles. The quantitative estimate of drug-likeness (QED) is 0.753. The molecule has 114 valence electrons. The van der Waals surface area contributed by atoms with Crippen molar-refractivity contribution in [1.29, 1.82) is 0 Å². The molecule has 3 rings (SSSR count). The first-order chi connectivity index (χ1) is 10.6. The lowest BCUT2D eigenvalue weighted by molar-refractivity contribution is -0.908. The van der Waals surface area contributed by atoms with Gasteiger partial charge in [-0.05, 0) is 23.6 Å². The van der Waals surface area contributed by atoms with Crippen molar-refractivity contribution in [2.75, 3.05) is 7.05 Å². The Kier molecular flexibility index (Phi) is 4.84. The van der Waals surface area contributed by atoms with Crippen LogP contribution in [0.25, 0.3) is 10.8 Å². The Morgan fingerprint density at radius 1 is 1.23 bits per heavy atom. The summed E-state index contributed by atoms with van der Waals surface area (Å²) in [5.74, 6) is 0.683. The van der Waals surface area contributed by atoms with Gasteiger partial charge in [0, 0.05) is 10.6 Å². The highest BCUT2D eigenvalue weighted by atomic mass is 35.5. The first kappa shape index (κ1) is 15.6. The number of aromatic nitrogens is 1. The van der Waals surface area contributed by atoms with E-state index in [9.17, 15) is 0 Å². The molecular formula is C16H15Cl2N2OS+. The third-order valence-corrected chi connectivity index (χ3v) is 4.72. The van der Waals surface area contributed by atoms with Crippen LogP contribution in [0.2, 0.25) is 10.0 Å². The van der Waals surface area contributed by atoms with Crippen LogP contribution in [-0.4, -0.2) is 12.0 Å². The normalized spacial score (nSPS) is 12.5. The number of hydrogen-bond donors (Lipinski definition) is 1. The molecule has 22 heavy (non-hydrogen) atoms. The maximum atomic E-state index is 6.22. The first-order valence-electron chi connectivity index (χ1n) is 6.85. The van der Waals surface area contributed by atoms with Gasteiger partial charge in [-0.2, -0.15) is 0 Å². The minimum absolute atomic E-state index is 0.656. The van der Waals surface area contributed by atoms with Crippen LogP contribution in [0.4, 0.5) is 0 Å². The van der Waals surface area contributed by atoms with Gasteiger partial charge in [-0.1, -0.05) is 35.3 Å². The minimum atomic E-state index is 0.656. The van der Waals surface area contributed by atoms with Gasteiger partial charge < -0.3 is 9.32 Å². The maximum absolute atomic E-state index is 6.22. The highest BCUT2D eigenvalue weighted by molar-refractivity contribution is 7.13. The van der Waals surface area contributed by atoms with Crippen molar-refractivity contribution < 1.29 is 9.32 Å². The Morgan fingerprint density at radius 3 is 2.82 bits per heavy atom. The van der Waals surface area contributed by atoms with Gasteiger partial charge in [0.25, 0.3) is 0 Å². The Hall–Kier alpha value is -1.33. The zero-order valence-corrected chi connectivity index (χ0v) is 14.3. The second kappa shape index (κ2) is 6.84. The lowest BCUT2D eigenvalue weighted by atomic mass is 10.2. The van der Waals surface area contributed by atoms with Crippen molar-refractivity contribution in [2.45, 2.75) is 13.1 Å². The van der Waals surface area contributed by atoms with Gasteiger partial charge in [0.2, 0.25) is 5.89 Å². The number of rotatable bonds is 5. The zero-order chi connectivity index (χ0) is 15.5. The summed E-state index contributed by atoms with van der Waals surface area (Å²) in [5.41, 5.74) is 2.01. The first-order valence-corrected chi connectivity index (χ1v) is 8.49. The van der Waals surface area contributed by atoms with Crippen molar-refractivity contribution in [2.24, 2.45) is 0 Å². The summed E-state index contributed by atoms with van der Waals surface area (Å²) >= 11 is 13.8. The topological polar surface area (TPSA) is 30.5 Å². The van der Waals surface area contributed by atoms with E-state index in [4.69, 9.17) is 27.6 Å². The molecule has 1 atom stereocenters. The fourth-order valence-corrected chi connectivity index (χ4v) is 3.39. The molecule has 1 aromatic carbocycles. The highest BCUT2D eigenvalue weighted by Crippen LogP contribution is 2.23. The van der Waals surface area contributed by atoms with Crippen LogP contribution in [0.5, 0.6) is 0 Å². The van der Waals surface area contributed by atoms with Gasteiger partial charge in [-0.3, -0.25) is 0 Å². The number of benzene rings is 1. The van der Waals surface area contributed by atoms with Crippen molar-refractivity contribution >= 4 is 34.5 Å². The number of nitrogens with one attached hydrogen (secondary N) is 1. The predicted molar refractivity (Wildman–Crippen MR) is 90.6 cm³/mol. The van der Waals surface area contributed by atoms with Crippen LogP contribution in [-0.2, 0) is 13.1 Å². The molecule has 6 heteroatoms. The van der Waals surface area contributed by atoms with E-state index in [1.165, 1.54) is 4.90 Å². The van der Waals surface area contributed by atoms with Crippen molar-refractivity contribution in [1.82, 2.24) is 4.98 Å². The number of hydrogen-bond acceptors (Lipinski definition) is 3. The summed E-state index contributed by atoms with van der Waals surface area (Å²) in [6, 6.07) is 9.60. The van der Waals surface area contributed by atoms with E-state index in [-0.39, 0.29) is 0 Å². The van der Waals surface area contributed by atoms with Crippen LogP contribution >= 0.6 is 34.5 Å². The second-order valence-electron chi connectivity index (χ2n) is 5.17. The summed E-state index contributed by atoms with van der Waals surface area (Å²) < 4.78 is 5.54.